The molecule has 1 aromatic heterocycles. The number of nitrogens with one attached hydrogen (secondary N) is 1. The van der Waals surface area contributed by atoms with E-state index in [1.807, 2.05) is 25.1 Å². The summed E-state index contributed by atoms with van der Waals surface area (Å²) >= 11 is 0. The Morgan fingerprint density at radius 3 is 2.76 bits per heavy atom. The third-order valence-corrected chi connectivity index (χ3v) is 6.52. The fourth-order valence-corrected chi connectivity index (χ4v) is 4.59. The first-order valence-corrected chi connectivity index (χ1v) is 11.4. The number of hydrogen-bond donors (Lipinski definition) is 2. The van der Waals surface area contributed by atoms with Gasteiger partial charge in [0.05, 0.1) is 30.9 Å². The Labute approximate surface area is 192 Å². The molecule has 1 saturated heterocycles. The van der Waals surface area contributed by atoms with E-state index in [0.717, 1.165) is 34.4 Å². The quantitative estimate of drug-likeness (QED) is 0.622. The average molecular weight is 449 g/mol. The van der Waals surface area contributed by atoms with Crippen LogP contribution in [-0.4, -0.2) is 48.0 Å². The molecule has 3 heterocycles. The first kappa shape index (κ1) is 21.7. The van der Waals surface area contributed by atoms with Crippen LogP contribution in [0.1, 0.15) is 44.9 Å². The van der Waals surface area contributed by atoms with E-state index in [1.54, 1.807) is 6.26 Å². The Kier molecular flexibility index (Phi) is 5.91. The Balaban J connectivity index is 1.40. The van der Waals surface area contributed by atoms with Crippen LogP contribution in [0, 0.1) is 13.8 Å². The zero-order chi connectivity index (χ0) is 22.9. The Morgan fingerprint density at radius 1 is 1.21 bits per heavy atom. The van der Waals surface area contributed by atoms with E-state index in [2.05, 4.69) is 29.4 Å². The molecule has 2 aromatic carbocycles. The molecule has 0 unspecified atom stereocenters. The summed E-state index contributed by atoms with van der Waals surface area (Å²) in [5.74, 6) is 1.10. The van der Waals surface area contributed by atoms with Crippen molar-refractivity contribution in [2.45, 2.75) is 45.3 Å². The van der Waals surface area contributed by atoms with Gasteiger partial charge in [-0.2, -0.15) is 0 Å². The second-order valence-corrected chi connectivity index (χ2v) is 8.75. The third kappa shape index (κ3) is 4.38. The molecular formula is C26H28N2O5. The van der Waals surface area contributed by atoms with Gasteiger partial charge in [-0.1, -0.05) is 24.3 Å². The summed E-state index contributed by atoms with van der Waals surface area (Å²) in [6, 6.07) is 9.87. The SMILES string of the molecule is Cc1nc(-c2ccc(Cc3cc(C(=O)N[C@H]4CCOC[C@@H]4O)c4c(c3C)CCO4)cc2)co1. The number of carbonyl (C=O) groups is 1. The van der Waals surface area contributed by atoms with Gasteiger partial charge in [-0.3, -0.25) is 4.79 Å². The highest BCUT2D eigenvalue weighted by atomic mass is 16.5. The van der Waals surface area contributed by atoms with Crippen molar-refractivity contribution in [3.05, 3.63) is 70.3 Å². The smallest absolute Gasteiger partial charge is 0.255 e. The highest BCUT2D eigenvalue weighted by Crippen LogP contribution is 2.35. The number of oxazole rings is 1. The van der Waals surface area contributed by atoms with Gasteiger partial charge in [0.15, 0.2) is 5.89 Å². The molecule has 7 heteroatoms. The molecule has 1 amide bonds. The standard InChI is InChI=1S/C26H28N2O5/c1-15-19(11-17-3-5-18(6-4-17)23-13-33-16(2)27-23)12-21(25-20(15)7-10-32-25)26(30)28-22-8-9-31-14-24(22)29/h3-6,12-13,22,24,29H,7-11,14H2,1-2H3,(H,28,30)/t22-,24-/m0/s1. The third-order valence-electron chi connectivity index (χ3n) is 6.52. The number of carbonyl (C=O) groups excluding carboxylic acids is 1. The molecule has 2 aliphatic rings. The topological polar surface area (TPSA) is 93.8 Å². The first-order valence-electron chi connectivity index (χ1n) is 11.4. The lowest BCUT2D eigenvalue weighted by Gasteiger charge is -2.28. The van der Waals surface area contributed by atoms with Crippen LogP contribution in [0.5, 0.6) is 5.75 Å². The zero-order valence-electron chi connectivity index (χ0n) is 18.9. The fourth-order valence-electron chi connectivity index (χ4n) is 4.59. The highest BCUT2D eigenvalue weighted by molar-refractivity contribution is 5.98. The van der Waals surface area contributed by atoms with Crippen molar-refractivity contribution in [2.24, 2.45) is 0 Å². The molecule has 2 aliphatic heterocycles. The minimum absolute atomic E-state index is 0.211. The lowest BCUT2D eigenvalue weighted by atomic mass is 9.92. The molecule has 33 heavy (non-hydrogen) atoms. The molecule has 0 spiro atoms. The minimum atomic E-state index is -0.700. The Bertz CT molecular complexity index is 1170. The maximum atomic E-state index is 13.2. The van der Waals surface area contributed by atoms with Crippen LogP contribution in [0.3, 0.4) is 0 Å². The van der Waals surface area contributed by atoms with Gasteiger partial charge >= 0.3 is 0 Å². The normalized spacial score (nSPS) is 19.7. The molecule has 0 bridgehead atoms. The van der Waals surface area contributed by atoms with Gasteiger partial charge in [0.2, 0.25) is 0 Å². The molecule has 172 valence electrons. The number of aliphatic hydroxyl groups is 1. The molecule has 5 rings (SSSR count). The summed E-state index contributed by atoms with van der Waals surface area (Å²) < 4.78 is 16.4. The number of aryl methyl sites for hydroxylation is 1. The summed E-state index contributed by atoms with van der Waals surface area (Å²) in [5.41, 5.74) is 6.87. The molecule has 0 saturated carbocycles. The van der Waals surface area contributed by atoms with Gasteiger partial charge in [0.25, 0.3) is 5.91 Å². The van der Waals surface area contributed by atoms with Gasteiger partial charge in [-0.15, -0.1) is 0 Å². The average Bonchev–Trinajstić information content (AvgIpc) is 3.47. The van der Waals surface area contributed by atoms with Crippen LogP contribution in [0.4, 0.5) is 0 Å². The van der Waals surface area contributed by atoms with Crippen molar-refractivity contribution in [2.75, 3.05) is 19.8 Å². The van der Waals surface area contributed by atoms with Crippen LogP contribution in [0.2, 0.25) is 0 Å². The zero-order valence-corrected chi connectivity index (χ0v) is 18.9. The molecule has 2 N–H and O–H groups in total. The van der Waals surface area contributed by atoms with Crippen LogP contribution in [-0.2, 0) is 17.6 Å². The van der Waals surface area contributed by atoms with E-state index in [-0.39, 0.29) is 18.6 Å². The van der Waals surface area contributed by atoms with E-state index in [9.17, 15) is 9.90 Å². The summed E-state index contributed by atoms with van der Waals surface area (Å²) in [7, 11) is 0. The Hall–Kier alpha value is -3.16. The van der Waals surface area contributed by atoms with Crippen LogP contribution in [0.25, 0.3) is 11.3 Å². The van der Waals surface area contributed by atoms with Crippen molar-refractivity contribution >= 4 is 5.91 Å². The first-order chi connectivity index (χ1) is 16.0. The molecule has 3 aromatic rings. The number of aromatic nitrogens is 1. The summed E-state index contributed by atoms with van der Waals surface area (Å²) in [6.07, 6.45) is 3.05. The maximum absolute atomic E-state index is 13.2. The highest BCUT2D eigenvalue weighted by Gasteiger charge is 2.29. The number of ether oxygens (including phenoxy) is 2. The molecule has 1 fully saturated rings. The number of amides is 1. The molecule has 0 radical (unpaired) electrons. The van der Waals surface area contributed by atoms with Crippen molar-refractivity contribution in [3.8, 4) is 17.0 Å². The predicted octanol–water partition coefficient (Wildman–Crippen LogP) is 3.36. The summed E-state index contributed by atoms with van der Waals surface area (Å²) in [4.78, 5) is 17.6. The second-order valence-electron chi connectivity index (χ2n) is 8.75. The van der Waals surface area contributed by atoms with E-state index in [4.69, 9.17) is 13.9 Å². The van der Waals surface area contributed by atoms with E-state index >= 15 is 0 Å². The van der Waals surface area contributed by atoms with Crippen molar-refractivity contribution in [1.82, 2.24) is 10.3 Å². The van der Waals surface area contributed by atoms with E-state index in [1.165, 1.54) is 5.56 Å². The maximum Gasteiger partial charge on any atom is 0.255 e. The number of nitrogens with zero attached hydrogens (tertiary/aromatic N) is 1. The van der Waals surface area contributed by atoms with Gasteiger partial charge in [0.1, 0.15) is 17.7 Å². The van der Waals surface area contributed by atoms with Crippen LogP contribution in [0.15, 0.2) is 41.0 Å². The molecule has 0 aliphatic carbocycles. The summed E-state index contributed by atoms with van der Waals surface area (Å²) in [5, 5.41) is 13.2. The Morgan fingerprint density at radius 2 is 2.03 bits per heavy atom. The monoisotopic (exact) mass is 448 g/mol. The number of benzene rings is 2. The second kappa shape index (κ2) is 9.00. The van der Waals surface area contributed by atoms with Gasteiger partial charge in [-0.25, -0.2) is 4.98 Å². The number of rotatable bonds is 5. The van der Waals surface area contributed by atoms with E-state index in [0.29, 0.717) is 43.3 Å². The minimum Gasteiger partial charge on any atom is -0.492 e. The lowest BCUT2D eigenvalue weighted by molar-refractivity contribution is -0.0261. The van der Waals surface area contributed by atoms with Crippen molar-refractivity contribution in [1.29, 1.82) is 0 Å². The van der Waals surface area contributed by atoms with Crippen LogP contribution >= 0.6 is 0 Å². The van der Waals surface area contributed by atoms with Crippen molar-refractivity contribution < 1.29 is 23.8 Å². The molecular weight excluding hydrogens is 420 g/mol. The van der Waals surface area contributed by atoms with Gasteiger partial charge < -0.3 is 24.3 Å². The van der Waals surface area contributed by atoms with Gasteiger partial charge in [-0.05, 0) is 42.5 Å². The lowest BCUT2D eigenvalue weighted by Crippen LogP contribution is -2.48. The number of hydrogen-bond acceptors (Lipinski definition) is 6. The number of aliphatic hydroxyl groups excluding tert-OH is 1. The molecule has 2 atom stereocenters. The summed E-state index contributed by atoms with van der Waals surface area (Å²) in [6.45, 7) is 5.27. The molecule has 7 nitrogen and oxygen atoms in total. The fraction of sp³-hybridized carbons (Fsp3) is 0.385. The van der Waals surface area contributed by atoms with E-state index < -0.39 is 6.10 Å². The number of fused-ring (bicyclic) bond motifs is 1. The predicted molar refractivity (Wildman–Crippen MR) is 123 cm³/mol. The van der Waals surface area contributed by atoms with Crippen molar-refractivity contribution in [3.63, 3.8) is 0 Å². The largest absolute Gasteiger partial charge is 0.492 e. The van der Waals surface area contributed by atoms with Crippen LogP contribution < -0.4 is 10.1 Å². The van der Waals surface area contributed by atoms with Gasteiger partial charge in [0, 0.05) is 31.1 Å².